The lowest BCUT2D eigenvalue weighted by molar-refractivity contribution is -0.141. The molecule has 2 amide bonds. The molecule has 3 rings (SSSR count). The number of anilines is 1. The van der Waals surface area contributed by atoms with Gasteiger partial charge in [-0.25, -0.2) is 14.5 Å². The Bertz CT molecular complexity index is 1070. The first-order chi connectivity index (χ1) is 15.0. The van der Waals surface area contributed by atoms with Crippen LogP contribution >= 0.6 is 0 Å². The van der Waals surface area contributed by atoms with Gasteiger partial charge in [-0.05, 0) is 29.5 Å². The van der Waals surface area contributed by atoms with Crippen molar-refractivity contribution in [1.82, 2.24) is 30.1 Å². The summed E-state index contributed by atoms with van der Waals surface area (Å²) >= 11 is 0. The van der Waals surface area contributed by atoms with Crippen LogP contribution in [0.2, 0.25) is 0 Å². The van der Waals surface area contributed by atoms with Crippen LogP contribution in [0.5, 0.6) is 0 Å². The number of carbonyl (C=O) groups excluding carboxylic acids is 2. The fraction of sp³-hybridized carbons (Fsp3) is 0.444. The number of tetrazole rings is 1. The van der Waals surface area contributed by atoms with Crippen molar-refractivity contribution in [3.8, 4) is 12.3 Å². The van der Waals surface area contributed by atoms with Gasteiger partial charge in [0.15, 0.2) is 5.60 Å². The maximum absolute atomic E-state index is 13.1. The van der Waals surface area contributed by atoms with Crippen LogP contribution < -0.4 is 5.32 Å². The normalized spacial score (nSPS) is 18.4. The third kappa shape index (κ3) is 5.11. The first-order valence-corrected chi connectivity index (χ1v) is 9.12. The summed E-state index contributed by atoms with van der Waals surface area (Å²) in [5.41, 5.74) is -2.68. The van der Waals surface area contributed by atoms with Gasteiger partial charge in [0.2, 0.25) is 5.95 Å². The molecule has 0 aromatic carbocycles. The number of nitrogens with zero attached hydrogens (tertiary/aromatic N) is 6. The fourth-order valence-electron chi connectivity index (χ4n) is 2.93. The van der Waals surface area contributed by atoms with Gasteiger partial charge in [0.1, 0.15) is 5.69 Å². The van der Waals surface area contributed by atoms with Crippen molar-refractivity contribution in [2.24, 2.45) is 7.05 Å². The average molecular weight is 453 g/mol. The predicted octanol–water partition coefficient (Wildman–Crippen LogP) is 1.24. The Morgan fingerprint density at radius 3 is 2.81 bits per heavy atom. The number of terminal acetylenes is 1. The molecule has 32 heavy (non-hydrogen) atoms. The van der Waals surface area contributed by atoms with E-state index in [1.807, 2.05) is 0 Å². The molecule has 1 N–H and O–H groups in total. The first-order valence-electron chi connectivity index (χ1n) is 9.12. The summed E-state index contributed by atoms with van der Waals surface area (Å²) < 4.78 is 51.3. The van der Waals surface area contributed by atoms with E-state index in [2.05, 4.69) is 31.7 Å². The summed E-state index contributed by atoms with van der Waals surface area (Å²) in [7, 11) is 1.47. The van der Waals surface area contributed by atoms with Crippen molar-refractivity contribution < 1.29 is 32.2 Å². The maximum Gasteiger partial charge on any atom is 0.433 e. The van der Waals surface area contributed by atoms with Crippen LogP contribution in [0.3, 0.4) is 0 Å². The number of pyridine rings is 1. The highest BCUT2D eigenvalue weighted by molar-refractivity contribution is 6.04. The monoisotopic (exact) mass is 453 g/mol. The smallest absolute Gasteiger partial charge is 0.433 e. The van der Waals surface area contributed by atoms with Gasteiger partial charge in [-0.2, -0.15) is 13.2 Å². The topological polar surface area (TPSA) is 124 Å². The summed E-state index contributed by atoms with van der Waals surface area (Å²) in [5, 5.41) is 12.9. The summed E-state index contributed by atoms with van der Waals surface area (Å²) in [5.74, 6) is 1.54. The molecule has 1 aliphatic heterocycles. The van der Waals surface area contributed by atoms with Gasteiger partial charge < -0.3 is 9.47 Å². The van der Waals surface area contributed by atoms with E-state index in [0.29, 0.717) is 6.07 Å². The lowest BCUT2D eigenvalue weighted by atomic mass is 10.1. The van der Waals surface area contributed by atoms with Gasteiger partial charge >= 0.3 is 12.3 Å². The Hall–Kier alpha value is -3.73. The molecule has 1 atom stereocenters. The van der Waals surface area contributed by atoms with E-state index < -0.39 is 36.1 Å². The zero-order valence-electron chi connectivity index (χ0n) is 17.0. The van der Waals surface area contributed by atoms with Gasteiger partial charge in [-0.15, -0.1) is 6.42 Å². The van der Waals surface area contributed by atoms with Crippen LogP contribution in [0, 0.1) is 12.3 Å². The van der Waals surface area contributed by atoms with Gasteiger partial charge in [-0.1, -0.05) is 11.0 Å². The Morgan fingerprint density at radius 1 is 1.44 bits per heavy atom. The largest absolute Gasteiger partial charge is 0.439 e. The average Bonchev–Trinajstić information content (AvgIpc) is 3.23. The predicted molar refractivity (Wildman–Crippen MR) is 101 cm³/mol. The molecule has 1 saturated heterocycles. The molecule has 0 radical (unpaired) electrons. The van der Waals surface area contributed by atoms with Gasteiger partial charge in [0, 0.05) is 7.05 Å². The highest BCUT2D eigenvalue weighted by Crippen LogP contribution is 2.29. The minimum Gasteiger partial charge on any atom is -0.439 e. The number of aryl methyl sites for hydroxylation is 1. The Balaban J connectivity index is 1.76. The quantitative estimate of drug-likeness (QED) is 0.621. The van der Waals surface area contributed by atoms with E-state index in [-0.39, 0.29) is 36.9 Å². The fourth-order valence-corrected chi connectivity index (χ4v) is 2.93. The van der Waals surface area contributed by atoms with Crippen LogP contribution in [0.15, 0.2) is 12.1 Å². The first kappa shape index (κ1) is 22.9. The Kier molecular flexibility index (Phi) is 6.30. The van der Waals surface area contributed by atoms with Gasteiger partial charge in [-0.3, -0.25) is 15.0 Å². The van der Waals surface area contributed by atoms with Crippen molar-refractivity contribution in [1.29, 1.82) is 0 Å². The van der Waals surface area contributed by atoms with E-state index >= 15 is 0 Å². The molecule has 0 aliphatic carbocycles. The second-order valence-corrected chi connectivity index (χ2v) is 7.14. The highest BCUT2D eigenvalue weighted by atomic mass is 19.4. The van der Waals surface area contributed by atoms with Crippen molar-refractivity contribution >= 4 is 17.9 Å². The van der Waals surface area contributed by atoms with E-state index in [4.69, 9.17) is 15.9 Å². The molecule has 3 heterocycles. The minimum absolute atomic E-state index is 0.0132. The van der Waals surface area contributed by atoms with E-state index in [9.17, 15) is 22.8 Å². The maximum atomic E-state index is 13.1. The number of alkyl halides is 3. The van der Waals surface area contributed by atoms with Crippen LogP contribution in [0.4, 0.5) is 23.9 Å². The van der Waals surface area contributed by atoms with E-state index in [1.54, 1.807) is 6.92 Å². The molecule has 170 valence electrons. The second kappa shape index (κ2) is 8.79. The third-order valence-corrected chi connectivity index (χ3v) is 4.40. The molecule has 2 aromatic heterocycles. The van der Waals surface area contributed by atoms with E-state index in [0.717, 1.165) is 6.07 Å². The third-order valence-electron chi connectivity index (χ3n) is 4.40. The lowest BCUT2D eigenvalue weighted by Gasteiger charge is -2.21. The summed E-state index contributed by atoms with van der Waals surface area (Å²) in [6, 6.07) is 1.67. The molecular weight excluding hydrogens is 435 g/mol. The summed E-state index contributed by atoms with van der Waals surface area (Å²) in [4.78, 5) is 29.3. The number of carbonyl (C=O) groups is 2. The van der Waals surface area contributed by atoms with Crippen molar-refractivity contribution in [2.75, 3.05) is 25.0 Å². The van der Waals surface area contributed by atoms with Crippen molar-refractivity contribution in [3.05, 3.63) is 29.1 Å². The zero-order valence-corrected chi connectivity index (χ0v) is 17.0. The number of nitrogens with one attached hydrogen (secondary N) is 1. The molecule has 14 heteroatoms. The number of cyclic esters (lactones) is 1. The standard InChI is InChI=1S/C18H18F3N7O4/c1-4-7-28-9-17(2,32-16(28)30)10-31-8-12-11(5-6-13(22-12)18(19,20)21)14(29)23-15-24-25-26-27(15)3/h1,5-6H,7-10H2,2-3H3,(H,23,24,26,29). The Morgan fingerprint density at radius 2 is 2.19 bits per heavy atom. The van der Waals surface area contributed by atoms with E-state index in [1.165, 1.54) is 16.6 Å². The molecule has 1 fully saturated rings. The highest BCUT2D eigenvalue weighted by Gasteiger charge is 2.41. The summed E-state index contributed by atoms with van der Waals surface area (Å²) in [6.45, 7) is 1.16. The number of hydrogen-bond donors (Lipinski definition) is 1. The number of ether oxygens (including phenoxy) is 2. The molecule has 0 spiro atoms. The Labute approximate surface area is 179 Å². The number of halogens is 3. The van der Waals surface area contributed by atoms with Crippen LogP contribution in [-0.2, 0) is 29.3 Å². The second-order valence-electron chi connectivity index (χ2n) is 7.14. The van der Waals surface area contributed by atoms with Crippen LogP contribution in [0.1, 0.15) is 28.7 Å². The molecule has 1 unspecified atom stereocenters. The van der Waals surface area contributed by atoms with Crippen LogP contribution in [0.25, 0.3) is 0 Å². The summed E-state index contributed by atoms with van der Waals surface area (Å²) in [6.07, 6.45) is -0.139. The van der Waals surface area contributed by atoms with Gasteiger partial charge in [0.05, 0.1) is 37.6 Å². The minimum atomic E-state index is -4.72. The lowest BCUT2D eigenvalue weighted by Crippen LogP contribution is -2.36. The van der Waals surface area contributed by atoms with Crippen LogP contribution in [-0.4, -0.2) is 67.4 Å². The molecular formula is C18H18F3N7O4. The molecule has 11 nitrogen and oxygen atoms in total. The number of amides is 2. The zero-order chi connectivity index (χ0) is 23.5. The molecule has 1 aliphatic rings. The molecule has 0 bridgehead atoms. The van der Waals surface area contributed by atoms with Gasteiger partial charge in [0.25, 0.3) is 5.91 Å². The number of rotatable bonds is 7. The number of aromatic nitrogens is 5. The SMILES string of the molecule is C#CCN1CC(C)(COCc2nc(C(F)(F)F)ccc2C(=O)Nc2nnnn2C)OC1=O. The number of hydrogen-bond acceptors (Lipinski definition) is 8. The van der Waals surface area contributed by atoms with Crippen molar-refractivity contribution in [2.45, 2.75) is 25.3 Å². The van der Waals surface area contributed by atoms with Crippen molar-refractivity contribution in [3.63, 3.8) is 0 Å². The molecule has 2 aromatic rings. The molecule has 0 saturated carbocycles.